The van der Waals surface area contributed by atoms with E-state index in [2.05, 4.69) is 37.4 Å². The van der Waals surface area contributed by atoms with Crippen molar-refractivity contribution in [3.8, 4) is 0 Å². The lowest BCUT2D eigenvalue weighted by Crippen LogP contribution is -2.57. The summed E-state index contributed by atoms with van der Waals surface area (Å²) in [5.41, 5.74) is 3.47. The van der Waals surface area contributed by atoms with Crippen LogP contribution in [0.5, 0.6) is 0 Å². The molecule has 4 aliphatic carbocycles. The summed E-state index contributed by atoms with van der Waals surface area (Å²) >= 11 is 6.14. The molecule has 0 aromatic heterocycles. The quantitative estimate of drug-likeness (QED) is 0.507. The zero-order valence-electron chi connectivity index (χ0n) is 20.9. The van der Waals surface area contributed by atoms with Gasteiger partial charge >= 0.3 is 5.97 Å². The van der Waals surface area contributed by atoms with Crippen molar-refractivity contribution >= 4 is 39.0 Å². The van der Waals surface area contributed by atoms with Gasteiger partial charge in [0.15, 0.2) is 16.4 Å². The average Bonchev–Trinajstić information content (AvgIpc) is 2.79. The van der Waals surface area contributed by atoms with Crippen LogP contribution in [0.4, 0.5) is 5.69 Å². The fourth-order valence-corrected chi connectivity index (χ4v) is 8.02. The fraction of sp³-hybridized carbons (Fsp3) is 0.500. The van der Waals surface area contributed by atoms with Gasteiger partial charge in [-0.15, -0.1) is 0 Å². The number of rotatable bonds is 6. The monoisotopic (exact) mass is 529 g/mol. The number of esters is 1. The maximum atomic E-state index is 13.5. The van der Waals surface area contributed by atoms with E-state index in [1.165, 1.54) is 34.9 Å². The first-order chi connectivity index (χ1) is 16.9. The number of hydrogen-bond acceptors (Lipinski definition) is 5. The van der Waals surface area contributed by atoms with Crippen LogP contribution in [0.2, 0.25) is 5.02 Å². The molecule has 36 heavy (non-hydrogen) atoms. The third-order valence-corrected chi connectivity index (χ3v) is 10.0. The average molecular weight is 530 g/mol. The molecule has 6 rings (SSSR count). The van der Waals surface area contributed by atoms with Gasteiger partial charge in [-0.3, -0.25) is 9.59 Å². The highest BCUT2D eigenvalue weighted by molar-refractivity contribution is 7.90. The number of anilines is 1. The van der Waals surface area contributed by atoms with E-state index in [4.69, 9.17) is 16.3 Å². The number of sulfone groups is 1. The largest absolute Gasteiger partial charge is 0.455 e. The third kappa shape index (κ3) is 4.56. The van der Waals surface area contributed by atoms with Crippen LogP contribution in [0.3, 0.4) is 0 Å². The van der Waals surface area contributed by atoms with Gasteiger partial charge in [0.05, 0.1) is 21.0 Å². The van der Waals surface area contributed by atoms with Gasteiger partial charge < -0.3 is 10.1 Å². The van der Waals surface area contributed by atoms with Crippen LogP contribution in [0.1, 0.15) is 55.2 Å². The number of nitrogens with one attached hydrogen (secondary N) is 1. The number of halogens is 1. The van der Waals surface area contributed by atoms with Crippen LogP contribution in [-0.4, -0.2) is 33.2 Å². The zero-order chi connectivity index (χ0) is 25.9. The van der Waals surface area contributed by atoms with E-state index in [1.807, 2.05) is 0 Å². The van der Waals surface area contributed by atoms with E-state index in [0.29, 0.717) is 11.8 Å². The number of benzene rings is 2. The van der Waals surface area contributed by atoms with Gasteiger partial charge in [-0.2, -0.15) is 0 Å². The van der Waals surface area contributed by atoms with E-state index < -0.39 is 27.8 Å². The summed E-state index contributed by atoms with van der Waals surface area (Å²) in [6.07, 6.45) is 6.86. The van der Waals surface area contributed by atoms with Crippen molar-refractivity contribution in [1.29, 1.82) is 0 Å². The maximum absolute atomic E-state index is 13.5. The van der Waals surface area contributed by atoms with Gasteiger partial charge in [0.1, 0.15) is 0 Å². The molecular formula is C28H32ClNO5S. The van der Waals surface area contributed by atoms with Crippen LogP contribution in [0, 0.1) is 31.1 Å². The molecule has 8 heteroatoms. The van der Waals surface area contributed by atoms with Gasteiger partial charge in [0, 0.05) is 6.26 Å². The van der Waals surface area contributed by atoms with Crippen molar-refractivity contribution < 1.29 is 22.7 Å². The molecular weight excluding hydrogens is 498 g/mol. The molecule has 0 spiro atoms. The van der Waals surface area contributed by atoms with Gasteiger partial charge in [-0.1, -0.05) is 29.8 Å². The summed E-state index contributed by atoms with van der Waals surface area (Å²) in [6.45, 7) is 3.82. The summed E-state index contributed by atoms with van der Waals surface area (Å²) in [7, 11) is -3.46. The maximum Gasteiger partial charge on any atom is 0.312 e. The minimum absolute atomic E-state index is 0.0105. The molecule has 4 saturated carbocycles. The highest BCUT2D eigenvalue weighted by Gasteiger charge is 2.61. The summed E-state index contributed by atoms with van der Waals surface area (Å²) in [6, 6.07) is 10.8. The van der Waals surface area contributed by atoms with Crippen molar-refractivity contribution in [3.05, 3.63) is 58.1 Å². The first-order valence-corrected chi connectivity index (χ1v) is 14.7. The summed E-state index contributed by atoms with van der Waals surface area (Å²) in [5.74, 6) is 0.138. The SMILES string of the molecule is Cc1ccc(C23C[C@@H]4C[C@@H](CC(C(=O)OCC(=O)Nc5cc(S(C)(=O)=O)ccc5Cl)(C4)C2)C3)cc1C. The molecule has 1 amide bonds. The van der Waals surface area contributed by atoms with Crippen LogP contribution >= 0.6 is 11.6 Å². The Balaban J connectivity index is 1.30. The Morgan fingerprint density at radius 2 is 1.72 bits per heavy atom. The van der Waals surface area contributed by atoms with Gasteiger partial charge in [0.25, 0.3) is 5.91 Å². The molecule has 1 N–H and O–H groups in total. The first kappa shape index (κ1) is 25.3. The molecule has 0 radical (unpaired) electrons. The third-order valence-electron chi connectivity index (χ3n) is 8.59. The number of ether oxygens (including phenoxy) is 1. The normalized spacial score (nSPS) is 28.7. The molecule has 2 unspecified atom stereocenters. The Morgan fingerprint density at radius 3 is 2.36 bits per heavy atom. The van der Waals surface area contributed by atoms with Crippen molar-refractivity contribution in [2.24, 2.45) is 17.3 Å². The van der Waals surface area contributed by atoms with E-state index >= 15 is 0 Å². The van der Waals surface area contributed by atoms with Crippen molar-refractivity contribution in [2.75, 3.05) is 18.2 Å². The summed E-state index contributed by atoms with van der Waals surface area (Å²) in [5, 5.41) is 2.79. The molecule has 4 fully saturated rings. The van der Waals surface area contributed by atoms with Crippen LogP contribution in [0.25, 0.3) is 0 Å². The predicted octanol–water partition coefficient (Wildman–Crippen LogP) is 5.38. The summed E-state index contributed by atoms with van der Waals surface area (Å²) < 4.78 is 29.3. The van der Waals surface area contributed by atoms with Crippen molar-refractivity contribution in [3.63, 3.8) is 0 Å². The molecule has 2 aromatic carbocycles. The molecule has 192 valence electrons. The second-order valence-corrected chi connectivity index (χ2v) is 13.8. The lowest BCUT2D eigenvalue weighted by Gasteiger charge is -2.61. The molecule has 0 aliphatic heterocycles. The highest BCUT2D eigenvalue weighted by Crippen LogP contribution is 2.66. The number of carbonyl (C=O) groups is 2. The topological polar surface area (TPSA) is 89.5 Å². The Morgan fingerprint density at radius 1 is 1.03 bits per heavy atom. The van der Waals surface area contributed by atoms with Gasteiger partial charge in [-0.25, -0.2) is 8.42 Å². The predicted molar refractivity (Wildman–Crippen MR) is 139 cm³/mol. The minimum atomic E-state index is -3.46. The Labute approximate surface area is 217 Å². The number of hydrogen-bond donors (Lipinski definition) is 1. The Bertz CT molecular complexity index is 1340. The minimum Gasteiger partial charge on any atom is -0.455 e. The lowest BCUT2D eigenvalue weighted by atomic mass is 9.43. The molecule has 0 saturated heterocycles. The molecule has 4 bridgehead atoms. The molecule has 6 nitrogen and oxygen atoms in total. The van der Waals surface area contributed by atoms with Crippen LogP contribution in [0.15, 0.2) is 41.3 Å². The summed E-state index contributed by atoms with van der Waals surface area (Å²) in [4.78, 5) is 26.2. The molecule has 0 heterocycles. The Kier molecular flexibility index (Phi) is 6.23. The fourth-order valence-electron chi connectivity index (χ4n) is 7.21. The standard InChI is InChI=1S/C28H32ClNO5S/c1-17-4-5-21(8-18(17)2)27-11-19-9-20(12-27)14-28(13-19,16-27)26(32)35-15-25(31)30-24-10-22(36(3,33)34)6-7-23(24)29/h4-8,10,19-20H,9,11-16H2,1-3H3,(H,30,31)/t19-,20+,27?,28?. The zero-order valence-corrected chi connectivity index (χ0v) is 22.5. The molecule has 4 aliphatic rings. The van der Waals surface area contributed by atoms with E-state index in [0.717, 1.165) is 44.8 Å². The number of carbonyl (C=O) groups excluding carboxylic acids is 2. The first-order valence-electron chi connectivity index (χ1n) is 12.4. The van der Waals surface area contributed by atoms with E-state index in [9.17, 15) is 18.0 Å². The van der Waals surface area contributed by atoms with Crippen LogP contribution < -0.4 is 5.32 Å². The highest BCUT2D eigenvalue weighted by atomic mass is 35.5. The van der Waals surface area contributed by atoms with Crippen LogP contribution in [-0.2, 0) is 29.6 Å². The van der Waals surface area contributed by atoms with E-state index in [-0.39, 0.29) is 27.0 Å². The van der Waals surface area contributed by atoms with Gasteiger partial charge in [0.2, 0.25) is 0 Å². The Hall–Kier alpha value is -2.38. The smallest absolute Gasteiger partial charge is 0.312 e. The second-order valence-electron chi connectivity index (χ2n) is 11.4. The van der Waals surface area contributed by atoms with Gasteiger partial charge in [-0.05, 0) is 105 Å². The lowest BCUT2D eigenvalue weighted by molar-refractivity contribution is -0.175. The van der Waals surface area contributed by atoms with Crippen molar-refractivity contribution in [2.45, 2.75) is 62.7 Å². The molecule has 2 aromatic rings. The number of aryl methyl sites for hydroxylation is 2. The molecule has 4 atom stereocenters. The van der Waals surface area contributed by atoms with E-state index in [1.54, 1.807) is 0 Å². The van der Waals surface area contributed by atoms with Crippen molar-refractivity contribution in [1.82, 2.24) is 0 Å². The second kappa shape index (κ2) is 8.88. The number of amides is 1.